The van der Waals surface area contributed by atoms with E-state index in [2.05, 4.69) is 16.7 Å². The van der Waals surface area contributed by atoms with Crippen LogP contribution in [0.25, 0.3) is 0 Å². The Kier molecular flexibility index (Phi) is 4.68. The van der Waals surface area contributed by atoms with Gasteiger partial charge in [0.15, 0.2) is 0 Å². The number of rotatable bonds is 3. The second-order valence-electron chi connectivity index (χ2n) is 7.31. The largest absolute Gasteiger partial charge is 0.329 e. The minimum Gasteiger partial charge on any atom is -0.329 e. The van der Waals surface area contributed by atoms with Gasteiger partial charge in [0.05, 0.1) is 0 Å². The standard InChI is InChI=1S/C17H33N3/c1-2-19-11-5-9-17(14-18,10-13-19)20-12-8-15-6-3-4-7-16(15)20/h15-16H,2-14,18H2,1H3. The van der Waals surface area contributed by atoms with Gasteiger partial charge in [-0.05, 0) is 70.6 Å². The average Bonchev–Trinajstić information content (AvgIpc) is 2.81. The van der Waals surface area contributed by atoms with Crippen LogP contribution in [0.4, 0.5) is 0 Å². The van der Waals surface area contributed by atoms with Gasteiger partial charge in [0.2, 0.25) is 0 Å². The monoisotopic (exact) mass is 279 g/mol. The van der Waals surface area contributed by atoms with E-state index >= 15 is 0 Å². The van der Waals surface area contributed by atoms with E-state index in [0.717, 1.165) is 18.5 Å². The molecule has 3 atom stereocenters. The van der Waals surface area contributed by atoms with Crippen molar-refractivity contribution in [3.05, 3.63) is 0 Å². The first kappa shape index (κ1) is 14.8. The van der Waals surface area contributed by atoms with Crippen LogP contribution in [-0.2, 0) is 0 Å². The maximum absolute atomic E-state index is 6.34. The van der Waals surface area contributed by atoms with Crippen molar-refractivity contribution >= 4 is 0 Å². The molecule has 0 spiro atoms. The molecule has 0 aromatic rings. The van der Waals surface area contributed by atoms with Crippen molar-refractivity contribution in [3.8, 4) is 0 Å². The zero-order valence-electron chi connectivity index (χ0n) is 13.3. The van der Waals surface area contributed by atoms with Gasteiger partial charge in [-0.25, -0.2) is 0 Å². The molecule has 20 heavy (non-hydrogen) atoms. The number of nitrogens with two attached hydrogens (primary N) is 1. The molecule has 3 rings (SSSR count). The first-order chi connectivity index (χ1) is 9.79. The van der Waals surface area contributed by atoms with E-state index < -0.39 is 0 Å². The van der Waals surface area contributed by atoms with Crippen LogP contribution in [0.2, 0.25) is 0 Å². The fraction of sp³-hybridized carbons (Fsp3) is 1.00. The van der Waals surface area contributed by atoms with Crippen molar-refractivity contribution in [1.29, 1.82) is 0 Å². The lowest BCUT2D eigenvalue weighted by atomic mass is 9.82. The molecule has 3 unspecified atom stereocenters. The molecule has 116 valence electrons. The molecule has 1 saturated carbocycles. The molecule has 3 fully saturated rings. The Hall–Kier alpha value is -0.120. The highest BCUT2D eigenvalue weighted by Crippen LogP contribution is 2.42. The molecule has 2 heterocycles. The smallest absolute Gasteiger partial charge is 0.0347 e. The van der Waals surface area contributed by atoms with Crippen molar-refractivity contribution < 1.29 is 0 Å². The van der Waals surface area contributed by atoms with E-state index in [9.17, 15) is 0 Å². The summed E-state index contributed by atoms with van der Waals surface area (Å²) in [7, 11) is 0. The average molecular weight is 279 g/mol. The molecule has 3 nitrogen and oxygen atoms in total. The van der Waals surface area contributed by atoms with Gasteiger partial charge >= 0.3 is 0 Å². The summed E-state index contributed by atoms with van der Waals surface area (Å²) in [5.74, 6) is 0.984. The van der Waals surface area contributed by atoms with Crippen molar-refractivity contribution in [2.75, 3.05) is 32.7 Å². The Labute approximate surface area is 124 Å². The first-order valence-electron chi connectivity index (χ1n) is 8.98. The lowest BCUT2D eigenvalue weighted by Gasteiger charge is -2.46. The Balaban J connectivity index is 1.74. The summed E-state index contributed by atoms with van der Waals surface area (Å²) >= 11 is 0. The Morgan fingerprint density at radius 2 is 1.85 bits per heavy atom. The number of nitrogens with zero attached hydrogens (tertiary/aromatic N) is 2. The summed E-state index contributed by atoms with van der Waals surface area (Å²) in [4.78, 5) is 5.50. The molecular weight excluding hydrogens is 246 g/mol. The van der Waals surface area contributed by atoms with Crippen LogP contribution in [-0.4, -0.2) is 54.1 Å². The van der Waals surface area contributed by atoms with Crippen molar-refractivity contribution in [2.45, 2.75) is 69.9 Å². The zero-order chi connectivity index (χ0) is 14.0. The Morgan fingerprint density at radius 1 is 1.00 bits per heavy atom. The van der Waals surface area contributed by atoms with Crippen LogP contribution in [0.3, 0.4) is 0 Å². The van der Waals surface area contributed by atoms with Gasteiger partial charge in [-0.2, -0.15) is 0 Å². The van der Waals surface area contributed by atoms with Crippen LogP contribution in [0.15, 0.2) is 0 Å². The van der Waals surface area contributed by atoms with Crippen LogP contribution in [0.5, 0.6) is 0 Å². The third-order valence-electron chi connectivity index (χ3n) is 6.46. The summed E-state index contributed by atoms with van der Waals surface area (Å²) in [5.41, 5.74) is 6.66. The molecule has 2 saturated heterocycles. The second kappa shape index (κ2) is 6.33. The van der Waals surface area contributed by atoms with Gasteiger partial charge in [0.1, 0.15) is 0 Å². The maximum atomic E-state index is 6.34. The minimum absolute atomic E-state index is 0.320. The van der Waals surface area contributed by atoms with E-state index in [-0.39, 0.29) is 0 Å². The fourth-order valence-corrected chi connectivity index (χ4v) is 5.15. The third-order valence-corrected chi connectivity index (χ3v) is 6.46. The van der Waals surface area contributed by atoms with Gasteiger partial charge in [0, 0.05) is 18.1 Å². The molecule has 2 N–H and O–H groups in total. The van der Waals surface area contributed by atoms with E-state index in [1.54, 1.807) is 0 Å². The second-order valence-corrected chi connectivity index (χ2v) is 7.31. The topological polar surface area (TPSA) is 32.5 Å². The summed E-state index contributed by atoms with van der Waals surface area (Å²) < 4.78 is 0. The fourth-order valence-electron chi connectivity index (χ4n) is 5.15. The summed E-state index contributed by atoms with van der Waals surface area (Å²) in [6.45, 7) is 8.21. The summed E-state index contributed by atoms with van der Waals surface area (Å²) in [5, 5.41) is 0. The SMILES string of the molecule is CCN1CCCC(CN)(N2CCC3CCCCC32)CC1. The molecule has 0 amide bonds. The van der Waals surface area contributed by atoms with Crippen molar-refractivity contribution in [2.24, 2.45) is 11.7 Å². The molecule has 2 aliphatic heterocycles. The van der Waals surface area contributed by atoms with Gasteiger partial charge in [-0.15, -0.1) is 0 Å². The molecule has 0 radical (unpaired) electrons. The van der Waals surface area contributed by atoms with Crippen LogP contribution in [0, 0.1) is 5.92 Å². The minimum atomic E-state index is 0.320. The van der Waals surface area contributed by atoms with Crippen LogP contribution < -0.4 is 5.73 Å². The van der Waals surface area contributed by atoms with Gasteiger partial charge in [-0.3, -0.25) is 4.90 Å². The number of likely N-dealkylation sites (tertiary alicyclic amines) is 2. The normalized spacial score (nSPS) is 40.5. The van der Waals surface area contributed by atoms with Gasteiger partial charge in [-0.1, -0.05) is 19.8 Å². The summed E-state index contributed by atoms with van der Waals surface area (Å²) in [6.07, 6.45) is 11.2. The third kappa shape index (κ3) is 2.65. The Bertz CT molecular complexity index is 319. The van der Waals surface area contributed by atoms with Crippen molar-refractivity contribution in [3.63, 3.8) is 0 Å². The van der Waals surface area contributed by atoms with Crippen LogP contribution in [0.1, 0.15) is 58.3 Å². The van der Waals surface area contributed by atoms with E-state index in [0.29, 0.717) is 5.54 Å². The van der Waals surface area contributed by atoms with E-state index in [1.165, 1.54) is 77.5 Å². The number of fused-ring (bicyclic) bond motifs is 1. The van der Waals surface area contributed by atoms with Gasteiger partial charge < -0.3 is 10.6 Å². The maximum Gasteiger partial charge on any atom is 0.0347 e. The molecular formula is C17H33N3. The first-order valence-corrected chi connectivity index (χ1v) is 8.98. The van der Waals surface area contributed by atoms with Crippen molar-refractivity contribution in [1.82, 2.24) is 9.80 Å². The van der Waals surface area contributed by atoms with Gasteiger partial charge in [0.25, 0.3) is 0 Å². The number of hydrogen-bond acceptors (Lipinski definition) is 3. The highest BCUT2D eigenvalue weighted by Gasteiger charge is 2.46. The predicted molar refractivity (Wildman–Crippen MR) is 84.8 cm³/mol. The molecule has 3 aliphatic rings. The molecule has 0 aromatic heterocycles. The lowest BCUT2D eigenvalue weighted by Crippen LogP contribution is -2.57. The quantitative estimate of drug-likeness (QED) is 0.861. The summed E-state index contributed by atoms with van der Waals surface area (Å²) in [6, 6.07) is 0.862. The van der Waals surface area contributed by atoms with E-state index in [4.69, 9.17) is 5.73 Å². The molecule has 1 aliphatic carbocycles. The van der Waals surface area contributed by atoms with Crippen LogP contribution >= 0.6 is 0 Å². The highest BCUT2D eigenvalue weighted by molar-refractivity contribution is 5.02. The zero-order valence-corrected chi connectivity index (χ0v) is 13.3. The number of hydrogen-bond donors (Lipinski definition) is 1. The lowest BCUT2D eigenvalue weighted by molar-refractivity contribution is 0.0426. The highest BCUT2D eigenvalue weighted by atomic mass is 15.3. The molecule has 3 heteroatoms. The van der Waals surface area contributed by atoms with E-state index in [1.807, 2.05) is 0 Å². The molecule has 0 bridgehead atoms. The predicted octanol–water partition coefficient (Wildman–Crippen LogP) is 2.45. The Morgan fingerprint density at radius 3 is 2.65 bits per heavy atom. The molecule has 0 aromatic carbocycles.